The molecule has 0 unspecified atom stereocenters. The Balaban J connectivity index is 1.90. The summed E-state index contributed by atoms with van der Waals surface area (Å²) in [5.74, 6) is -0.371. The molecule has 4 heteroatoms. The molecule has 0 saturated heterocycles. The van der Waals surface area contributed by atoms with Crippen molar-refractivity contribution < 1.29 is 9.18 Å². The van der Waals surface area contributed by atoms with Crippen LogP contribution in [0.3, 0.4) is 0 Å². The quantitative estimate of drug-likeness (QED) is 0.936. The molecule has 0 bridgehead atoms. The fourth-order valence-corrected chi connectivity index (χ4v) is 2.64. The lowest BCUT2D eigenvalue weighted by molar-refractivity contribution is 0.0988. The summed E-state index contributed by atoms with van der Waals surface area (Å²) >= 11 is 0. The second-order valence-corrected chi connectivity index (χ2v) is 5.07. The van der Waals surface area contributed by atoms with Crippen molar-refractivity contribution in [2.45, 2.75) is 13.3 Å². The lowest BCUT2D eigenvalue weighted by Gasteiger charge is -2.21. The topological polar surface area (TPSA) is 32.3 Å². The van der Waals surface area contributed by atoms with Crippen LogP contribution in [0, 0.1) is 5.82 Å². The van der Waals surface area contributed by atoms with Crippen LogP contribution in [0.4, 0.5) is 15.8 Å². The van der Waals surface area contributed by atoms with Crippen molar-refractivity contribution in [3.8, 4) is 0 Å². The number of hydrogen-bond acceptors (Lipinski definition) is 2. The first-order valence-electron chi connectivity index (χ1n) is 7.13. The number of carbonyl (C=O) groups excluding carboxylic acids is 1. The largest absolute Gasteiger partial charge is 0.384 e. The highest BCUT2D eigenvalue weighted by atomic mass is 19.1. The highest BCUT2D eigenvalue weighted by Gasteiger charge is 2.18. The van der Waals surface area contributed by atoms with Gasteiger partial charge in [-0.05, 0) is 55.3 Å². The van der Waals surface area contributed by atoms with Crippen molar-refractivity contribution in [3.63, 3.8) is 0 Å². The average molecular weight is 284 g/mol. The van der Waals surface area contributed by atoms with Gasteiger partial charge in [0.05, 0.1) is 0 Å². The van der Waals surface area contributed by atoms with E-state index in [1.54, 1.807) is 17.0 Å². The molecule has 1 heterocycles. The van der Waals surface area contributed by atoms with Crippen molar-refractivity contribution in [1.82, 2.24) is 0 Å². The number of benzene rings is 2. The van der Waals surface area contributed by atoms with E-state index < -0.39 is 0 Å². The number of rotatable bonds is 3. The maximum absolute atomic E-state index is 13.0. The predicted octanol–water partition coefficient (Wildman–Crippen LogP) is 3.46. The van der Waals surface area contributed by atoms with E-state index in [0.717, 1.165) is 18.7 Å². The van der Waals surface area contributed by atoms with Crippen molar-refractivity contribution in [1.29, 1.82) is 0 Å². The lowest BCUT2D eigenvalue weighted by Crippen LogP contribution is -2.30. The molecule has 0 aliphatic carbocycles. The fraction of sp³-hybridized carbons (Fsp3) is 0.235. The normalized spacial score (nSPS) is 12.7. The number of fused-ring (bicyclic) bond motifs is 1. The minimum Gasteiger partial charge on any atom is -0.384 e. The third-order valence-corrected chi connectivity index (χ3v) is 3.77. The van der Waals surface area contributed by atoms with Gasteiger partial charge < -0.3 is 10.2 Å². The zero-order valence-electron chi connectivity index (χ0n) is 11.9. The SMILES string of the molecule is CCN(C(=O)c1ccc2c(c1)NCC2)c1ccc(F)cc1. The Kier molecular flexibility index (Phi) is 3.60. The number of carbonyl (C=O) groups is 1. The van der Waals surface area contributed by atoms with Crippen molar-refractivity contribution >= 4 is 17.3 Å². The zero-order chi connectivity index (χ0) is 14.8. The standard InChI is InChI=1S/C17H17FN2O/c1-2-20(15-7-5-14(18)6-8-15)17(21)13-4-3-12-9-10-19-16(12)11-13/h3-8,11,19H,2,9-10H2,1H3. The summed E-state index contributed by atoms with van der Waals surface area (Å²) in [7, 11) is 0. The van der Waals surface area contributed by atoms with E-state index in [2.05, 4.69) is 5.32 Å². The lowest BCUT2D eigenvalue weighted by atomic mass is 10.1. The summed E-state index contributed by atoms with van der Waals surface area (Å²) in [5, 5.41) is 3.28. The highest BCUT2D eigenvalue weighted by molar-refractivity contribution is 6.06. The van der Waals surface area contributed by atoms with Gasteiger partial charge in [-0.2, -0.15) is 0 Å². The van der Waals surface area contributed by atoms with Gasteiger partial charge in [0, 0.05) is 30.0 Å². The molecule has 1 aliphatic rings. The highest BCUT2D eigenvalue weighted by Crippen LogP contribution is 2.25. The van der Waals surface area contributed by atoms with Crippen molar-refractivity contribution in [2.75, 3.05) is 23.3 Å². The first kappa shape index (κ1) is 13.6. The van der Waals surface area contributed by atoms with E-state index in [1.807, 2.05) is 25.1 Å². The van der Waals surface area contributed by atoms with E-state index in [1.165, 1.54) is 17.7 Å². The zero-order valence-corrected chi connectivity index (χ0v) is 11.9. The Hall–Kier alpha value is -2.36. The van der Waals surface area contributed by atoms with E-state index >= 15 is 0 Å². The molecule has 1 aliphatic heterocycles. The smallest absolute Gasteiger partial charge is 0.258 e. The Morgan fingerprint density at radius 1 is 1.24 bits per heavy atom. The molecular formula is C17H17FN2O. The molecule has 0 fully saturated rings. The van der Waals surface area contributed by atoms with Gasteiger partial charge in [0.2, 0.25) is 0 Å². The van der Waals surface area contributed by atoms with Crippen molar-refractivity contribution in [3.05, 3.63) is 59.4 Å². The number of anilines is 2. The van der Waals surface area contributed by atoms with Gasteiger partial charge in [0.15, 0.2) is 0 Å². The molecule has 2 aromatic carbocycles. The Bertz CT molecular complexity index is 667. The molecule has 3 nitrogen and oxygen atoms in total. The minimum atomic E-state index is -0.302. The van der Waals surface area contributed by atoms with Crippen LogP contribution in [0.25, 0.3) is 0 Å². The number of nitrogens with one attached hydrogen (secondary N) is 1. The number of hydrogen-bond donors (Lipinski definition) is 1. The molecule has 1 amide bonds. The third-order valence-electron chi connectivity index (χ3n) is 3.77. The molecule has 0 radical (unpaired) electrons. The first-order valence-corrected chi connectivity index (χ1v) is 7.13. The van der Waals surface area contributed by atoms with E-state index in [0.29, 0.717) is 17.8 Å². The van der Waals surface area contributed by atoms with Crippen LogP contribution in [0.5, 0.6) is 0 Å². The van der Waals surface area contributed by atoms with Gasteiger partial charge in [-0.1, -0.05) is 6.07 Å². The second-order valence-electron chi connectivity index (χ2n) is 5.07. The van der Waals surface area contributed by atoms with Crippen LogP contribution in [0.15, 0.2) is 42.5 Å². The molecule has 0 aromatic heterocycles. The fourth-order valence-electron chi connectivity index (χ4n) is 2.64. The van der Waals surface area contributed by atoms with Crippen LogP contribution in [-0.2, 0) is 6.42 Å². The molecule has 0 atom stereocenters. The summed E-state index contributed by atoms with van der Waals surface area (Å²) in [6.07, 6.45) is 0.999. The Morgan fingerprint density at radius 2 is 2.00 bits per heavy atom. The summed E-state index contributed by atoms with van der Waals surface area (Å²) in [6, 6.07) is 11.8. The van der Waals surface area contributed by atoms with Gasteiger partial charge in [0.25, 0.3) is 5.91 Å². The van der Waals surface area contributed by atoms with Gasteiger partial charge >= 0.3 is 0 Å². The van der Waals surface area contributed by atoms with Gasteiger partial charge in [-0.3, -0.25) is 4.79 Å². The molecule has 21 heavy (non-hydrogen) atoms. The summed E-state index contributed by atoms with van der Waals surface area (Å²) in [6.45, 7) is 3.37. The average Bonchev–Trinajstić information content (AvgIpc) is 2.97. The Labute approximate surface area is 123 Å². The Morgan fingerprint density at radius 3 is 2.71 bits per heavy atom. The summed E-state index contributed by atoms with van der Waals surface area (Å²) in [4.78, 5) is 14.3. The minimum absolute atomic E-state index is 0.0689. The van der Waals surface area contributed by atoms with Gasteiger partial charge in [-0.25, -0.2) is 4.39 Å². The second kappa shape index (κ2) is 5.56. The molecule has 108 valence electrons. The predicted molar refractivity (Wildman–Crippen MR) is 82.4 cm³/mol. The summed E-state index contributed by atoms with van der Waals surface area (Å²) in [5.41, 5.74) is 3.64. The molecule has 2 aromatic rings. The van der Waals surface area contributed by atoms with E-state index in [9.17, 15) is 9.18 Å². The monoisotopic (exact) mass is 284 g/mol. The maximum Gasteiger partial charge on any atom is 0.258 e. The number of nitrogens with zero attached hydrogens (tertiary/aromatic N) is 1. The summed E-state index contributed by atoms with van der Waals surface area (Å²) < 4.78 is 13.0. The number of amides is 1. The first-order chi connectivity index (χ1) is 10.2. The van der Waals surface area contributed by atoms with Crippen molar-refractivity contribution in [2.24, 2.45) is 0 Å². The van der Waals surface area contributed by atoms with Crippen LogP contribution >= 0.6 is 0 Å². The maximum atomic E-state index is 13.0. The van der Waals surface area contributed by atoms with Crippen LogP contribution in [0.2, 0.25) is 0 Å². The van der Waals surface area contributed by atoms with Crippen LogP contribution < -0.4 is 10.2 Å². The molecular weight excluding hydrogens is 267 g/mol. The van der Waals surface area contributed by atoms with Crippen LogP contribution in [-0.4, -0.2) is 19.0 Å². The molecule has 3 rings (SSSR count). The van der Waals surface area contributed by atoms with E-state index in [4.69, 9.17) is 0 Å². The van der Waals surface area contributed by atoms with Gasteiger partial charge in [-0.15, -0.1) is 0 Å². The number of halogens is 1. The molecule has 0 saturated carbocycles. The molecule has 0 spiro atoms. The molecule has 1 N–H and O–H groups in total. The third kappa shape index (κ3) is 2.61. The van der Waals surface area contributed by atoms with Gasteiger partial charge in [0.1, 0.15) is 5.82 Å². The van der Waals surface area contributed by atoms with Crippen LogP contribution in [0.1, 0.15) is 22.8 Å². The van der Waals surface area contributed by atoms with E-state index in [-0.39, 0.29) is 11.7 Å².